The maximum atomic E-state index is 11.6. The number of carbonyl (C=O) groups is 1. The van der Waals surface area contributed by atoms with Crippen LogP contribution in [0.1, 0.15) is 24.5 Å². The molecule has 0 bridgehead atoms. The molecule has 2 atom stereocenters. The summed E-state index contributed by atoms with van der Waals surface area (Å²) in [5.74, 6) is 0.0494. The largest absolute Gasteiger partial charge is 0.373 e. The van der Waals surface area contributed by atoms with Crippen LogP contribution in [0.2, 0.25) is 0 Å². The Balaban J connectivity index is 2.09. The monoisotopic (exact) mass is 236 g/mol. The Hall–Kier alpha value is -1.62. The summed E-state index contributed by atoms with van der Waals surface area (Å²) in [5, 5.41) is 2.66. The highest BCUT2D eigenvalue weighted by Crippen LogP contribution is 2.30. The number of pyridine rings is 1. The average molecular weight is 236 g/mol. The van der Waals surface area contributed by atoms with Gasteiger partial charge in [0.05, 0.1) is 6.10 Å². The zero-order valence-corrected chi connectivity index (χ0v) is 9.73. The van der Waals surface area contributed by atoms with Crippen LogP contribution >= 0.6 is 0 Å². The molecule has 1 saturated heterocycles. The normalized spacial score (nSPS) is 24.3. The van der Waals surface area contributed by atoms with Crippen molar-refractivity contribution in [2.45, 2.75) is 18.9 Å². The average Bonchev–Trinajstić information content (AvgIpc) is 2.39. The van der Waals surface area contributed by atoms with Crippen LogP contribution in [0.5, 0.6) is 0 Å². The van der Waals surface area contributed by atoms with E-state index >= 15 is 0 Å². The second-order valence-corrected chi connectivity index (χ2v) is 4.18. The van der Waals surface area contributed by atoms with Gasteiger partial charge in [-0.15, -0.1) is 0 Å². The second-order valence-electron chi connectivity index (χ2n) is 4.18. The Morgan fingerprint density at radius 2 is 2.35 bits per heavy atom. The molecule has 0 aliphatic carbocycles. The van der Waals surface area contributed by atoms with Crippen molar-refractivity contribution >= 4 is 5.91 Å². The maximum absolute atomic E-state index is 11.6. The molecule has 2 rings (SSSR count). The van der Waals surface area contributed by atoms with Gasteiger partial charge in [0.15, 0.2) is 0 Å². The molecule has 92 valence electrons. The number of amides is 1. The van der Waals surface area contributed by atoms with Crippen molar-refractivity contribution in [2.75, 3.05) is 13.7 Å². The summed E-state index contributed by atoms with van der Waals surface area (Å²) in [7, 11) is 1.65. The number of carbonyl (C=O) groups excluding carboxylic acids is 1. The van der Waals surface area contributed by atoms with Gasteiger partial charge in [-0.25, -0.2) is 0 Å². The van der Waals surface area contributed by atoms with Crippen molar-refractivity contribution in [2.24, 2.45) is 5.92 Å². The van der Waals surface area contributed by atoms with E-state index in [1.54, 1.807) is 19.3 Å². The van der Waals surface area contributed by atoms with Gasteiger partial charge >= 0.3 is 0 Å². The van der Waals surface area contributed by atoms with Crippen molar-refractivity contribution in [1.82, 2.24) is 10.3 Å². The Labute approximate surface area is 99.2 Å². The lowest BCUT2D eigenvalue weighted by Gasteiger charge is -2.28. The van der Waals surface area contributed by atoms with E-state index in [0.29, 0.717) is 13.0 Å². The van der Waals surface area contributed by atoms with Gasteiger partial charge in [0.2, 0.25) is 11.5 Å². The SMILES string of the molecule is CNC(=O)C1CCOC(c2ccc(=O)[nH]c2)C1. The lowest BCUT2D eigenvalue weighted by Crippen LogP contribution is -2.33. The molecule has 5 heteroatoms. The van der Waals surface area contributed by atoms with Gasteiger partial charge in [-0.2, -0.15) is 0 Å². The zero-order valence-electron chi connectivity index (χ0n) is 9.73. The Morgan fingerprint density at radius 3 is 3.00 bits per heavy atom. The summed E-state index contributed by atoms with van der Waals surface area (Å²) in [6, 6.07) is 3.22. The molecule has 1 aliphatic heterocycles. The maximum Gasteiger partial charge on any atom is 0.247 e. The van der Waals surface area contributed by atoms with Crippen LogP contribution in [-0.4, -0.2) is 24.5 Å². The first-order valence-corrected chi connectivity index (χ1v) is 5.72. The minimum Gasteiger partial charge on any atom is -0.373 e. The van der Waals surface area contributed by atoms with E-state index < -0.39 is 0 Å². The summed E-state index contributed by atoms with van der Waals surface area (Å²) >= 11 is 0. The standard InChI is InChI=1S/C12H16N2O3/c1-13-12(16)8-4-5-17-10(6-8)9-2-3-11(15)14-7-9/h2-3,7-8,10H,4-6H2,1H3,(H,13,16)(H,14,15). The minimum atomic E-state index is -0.132. The molecule has 0 aromatic carbocycles. The fourth-order valence-corrected chi connectivity index (χ4v) is 2.09. The van der Waals surface area contributed by atoms with E-state index in [1.807, 2.05) is 0 Å². The van der Waals surface area contributed by atoms with E-state index in [2.05, 4.69) is 10.3 Å². The number of rotatable bonds is 2. The van der Waals surface area contributed by atoms with Gasteiger partial charge in [-0.3, -0.25) is 9.59 Å². The van der Waals surface area contributed by atoms with Gasteiger partial charge in [-0.1, -0.05) is 0 Å². The van der Waals surface area contributed by atoms with Crippen LogP contribution < -0.4 is 10.9 Å². The number of nitrogens with one attached hydrogen (secondary N) is 2. The quantitative estimate of drug-likeness (QED) is 0.789. The molecule has 17 heavy (non-hydrogen) atoms. The Kier molecular flexibility index (Phi) is 3.58. The fraction of sp³-hybridized carbons (Fsp3) is 0.500. The second kappa shape index (κ2) is 5.14. The number of aromatic nitrogens is 1. The molecule has 0 spiro atoms. The summed E-state index contributed by atoms with van der Waals surface area (Å²) in [6.07, 6.45) is 2.95. The number of hydrogen-bond acceptors (Lipinski definition) is 3. The number of aromatic amines is 1. The smallest absolute Gasteiger partial charge is 0.247 e. The van der Waals surface area contributed by atoms with Gasteiger partial charge in [0.1, 0.15) is 0 Å². The van der Waals surface area contributed by atoms with Crippen LogP contribution in [0.3, 0.4) is 0 Å². The third-order valence-corrected chi connectivity index (χ3v) is 3.08. The predicted molar refractivity (Wildman–Crippen MR) is 62.5 cm³/mol. The van der Waals surface area contributed by atoms with Crippen LogP contribution in [0.15, 0.2) is 23.1 Å². The molecular formula is C12H16N2O3. The number of H-pyrrole nitrogens is 1. The highest BCUT2D eigenvalue weighted by atomic mass is 16.5. The molecule has 2 N–H and O–H groups in total. The zero-order chi connectivity index (χ0) is 12.3. The molecular weight excluding hydrogens is 220 g/mol. The lowest BCUT2D eigenvalue weighted by atomic mass is 9.92. The summed E-state index contributed by atoms with van der Waals surface area (Å²) in [6.45, 7) is 0.571. The van der Waals surface area contributed by atoms with Gasteiger partial charge in [0.25, 0.3) is 0 Å². The highest BCUT2D eigenvalue weighted by molar-refractivity contribution is 5.78. The van der Waals surface area contributed by atoms with Crippen LogP contribution in [0, 0.1) is 5.92 Å². The van der Waals surface area contributed by atoms with Gasteiger partial charge in [-0.05, 0) is 24.5 Å². The highest BCUT2D eigenvalue weighted by Gasteiger charge is 2.28. The van der Waals surface area contributed by atoms with Gasteiger partial charge in [0, 0.05) is 31.8 Å². The first kappa shape index (κ1) is 11.9. The van der Waals surface area contributed by atoms with E-state index in [1.165, 1.54) is 6.07 Å². The Bertz CT molecular complexity index is 435. The van der Waals surface area contributed by atoms with Crippen LogP contribution in [0.4, 0.5) is 0 Å². The van der Waals surface area contributed by atoms with E-state index in [9.17, 15) is 9.59 Å². The van der Waals surface area contributed by atoms with Crippen molar-refractivity contribution < 1.29 is 9.53 Å². The van der Waals surface area contributed by atoms with E-state index in [4.69, 9.17) is 4.74 Å². The van der Waals surface area contributed by atoms with E-state index in [0.717, 1.165) is 12.0 Å². The van der Waals surface area contributed by atoms with Crippen LogP contribution in [-0.2, 0) is 9.53 Å². The predicted octanol–water partition coefficient (Wildman–Crippen LogP) is 0.589. The molecule has 2 heterocycles. The summed E-state index contributed by atoms with van der Waals surface area (Å²) in [5.41, 5.74) is 0.783. The molecule has 1 aliphatic rings. The van der Waals surface area contributed by atoms with Crippen molar-refractivity contribution in [3.8, 4) is 0 Å². The molecule has 1 aromatic rings. The molecule has 0 radical (unpaired) electrons. The molecule has 5 nitrogen and oxygen atoms in total. The third kappa shape index (κ3) is 2.74. The molecule has 0 saturated carbocycles. The van der Waals surface area contributed by atoms with E-state index in [-0.39, 0.29) is 23.5 Å². The van der Waals surface area contributed by atoms with Gasteiger partial charge < -0.3 is 15.0 Å². The lowest BCUT2D eigenvalue weighted by molar-refractivity contribution is -0.129. The van der Waals surface area contributed by atoms with Crippen LogP contribution in [0.25, 0.3) is 0 Å². The molecule has 1 amide bonds. The first-order chi connectivity index (χ1) is 8.20. The Morgan fingerprint density at radius 1 is 1.53 bits per heavy atom. The molecule has 1 aromatic heterocycles. The van der Waals surface area contributed by atoms with Crippen molar-refractivity contribution in [1.29, 1.82) is 0 Å². The first-order valence-electron chi connectivity index (χ1n) is 5.72. The fourth-order valence-electron chi connectivity index (χ4n) is 2.09. The number of ether oxygens (including phenoxy) is 1. The minimum absolute atomic E-state index is 0.00863. The third-order valence-electron chi connectivity index (χ3n) is 3.08. The summed E-state index contributed by atoms with van der Waals surface area (Å²) < 4.78 is 5.63. The summed E-state index contributed by atoms with van der Waals surface area (Å²) in [4.78, 5) is 25.2. The van der Waals surface area contributed by atoms with Crippen molar-refractivity contribution in [3.05, 3.63) is 34.2 Å². The topological polar surface area (TPSA) is 71.2 Å². The molecule has 1 fully saturated rings. The number of hydrogen-bond donors (Lipinski definition) is 2. The molecule has 2 unspecified atom stereocenters. The van der Waals surface area contributed by atoms with Crippen molar-refractivity contribution in [3.63, 3.8) is 0 Å².